The molecule has 1 aromatic carbocycles. The van der Waals surface area contributed by atoms with Gasteiger partial charge in [0.15, 0.2) is 0 Å². The Bertz CT molecular complexity index is 356. The third kappa shape index (κ3) is 1.72. The Morgan fingerprint density at radius 3 is 2.60 bits per heavy atom. The summed E-state index contributed by atoms with van der Waals surface area (Å²) in [6, 6.07) is 6.82. The van der Waals surface area contributed by atoms with E-state index in [0.29, 0.717) is 5.54 Å². The van der Waals surface area contributed by atoms with Crippen LogP contribution >= 0.6 is 0 Å². The summed E-state index contributed by atoms with van der Waals surface area (Å²) in [5.74, 6) is -0.157. The van der Waals surface area contributed by atoms with Crippen molar-refractivity contribution in [1.29, 1.82) is 0 Å². The molecule has 2 nitrogen and oxygen atoms in total. The van der Waals surface area contributed by atoms with Gasteiger partial charge < -0.3 is 10.2 Å². The van der Waals surface area contributed by atoms with Crippen molar-refractivity contribution >= 4 is 5.69 Å². The molecule has 0 bridgehead atoms. The lowest BCUT2D eigenvalue weighted by molar-refractivity contribution is 0.442. The second-order valence-electron chi connectivity index (χ2n) is 4.61. The third-order valence-corrected chi connectivity index (χ3v) is 3.42. The molecule has 0 radical (unpaired) electrons. The summed E-state index contributed by atoms with van der Waals surface area (Å²) in [7, 11) is 0. The number of halogens is 1. The van der Waals surface area contributed by atoms with Crippen molar-refractivity contribution in [2.45, 2.75) is 18.4 Å². The molecule has 0 atom stereocenters. The van der Waals surface area contributed by atoms with Gasteiger partial charge >= 0.3 is 0 Å². The first-order valence-corrected chi connectivity index (χ1v) is 5.53. The van der Waals surface area contributed by atoms with Crippen molar-refractivity contribution in [2.75, 3.05) is 24.5 Å². The van der Waals surface area contributed by atoms with E-state index in [1.807, 2.05) is 12.1 Å². The van der Waals surface area contributed by atoms with E-state index in [4.69, 9.17) is 0 Å². The summed E-state index contributed by atoms with van der Waals surface area (Å²) in [5.41, 5.74) is 1.52. The molecular weight excluding hydrogens is 191 g/mol. The molecule has 3 heteroatoms. The lowest BCUT2D eigenvalue weighted by Gasteiger charge is -2.35. The summed E-state index contributed by atoms with van der Waals surface area (Å²) >= 11 is 0. The first-order chi connectivity index (χ1) is 7.27. The molecule has 2 fully saturated rings. The van der Waals surface area contributed by atoms with Gasteiger partial charge in [-0.2, -0.15) is 0 Å². The van der Waals surface area contributed by atoms with Gasteiger partial charge in [0, 0.05) is 30.9 Å². The molecule has 1 N–H and O–H groups in total. The van der Waals surface area contributed by atoms with E-state index in [0.717, 1.165) is 25.3 Å². The second-order valence-corrected chi connectivity index (χ2v) is 4.61. The van der Waals surface area contributed by atoms with Crippen LogP contribution in [0.5, 0.6) is 0 Å². The van der Waals surface area contributed by atoms with Gasteiger partial charge in [-0.15, -0.1) is 0 Å². The van der Waals surface area contributed by atoms with Crippen LogP contribution in [0.2, 0.25) is 0 Å². The van der Waals surface area contributed by atoms with Crippen molar-refractivity contribution in [3.8, 4) is 0 Å². The van der Waals surface area contributed by atoms with Crippen molar-refractivity contribution in [2.24, 2.45) is 0 Å². The predicted molar refractivity (Wildman–Crippen MR) is 58.6 cm³/mol. The number of benzene rings is 1. The van der Waals surface area contributed by atoms with Gasteiger partial charge in [-0.05, 0) is 37.1 Å². The molecule has 80 valence electrons. The summed E-state index contributed by atoms with van der Waals surface area (Å²) in [4.78, 5) is 2.35. The Morgan fingerprint density at radius 2 is 1.93 bits per heavy atom. The van der Waals surface area contributed by atoms with Crippen LogP contribution in [0.3, 0.4) is 0 Å². The maximum atomic E-state index is 12.8. The number of anilines is 1. The summed E-state index contributed by atoms with van der Waals surface area (Å²) < 4.78 is 12.8. The number of hydrogen-bond acceptors (Lipinski definition) is 2. The average Bonchev–Trinajstić information content (AvgIpc) is 2.99. The van der Waals surface area contributed by atoms with Crippen LogP contribution in [0.4, 0.5) is 10.1 Å². The van der Waals surface area contributed by atoms with Crippen LogP contribution in [0.15, 0.2) is 24.3 Å². The summed E-state index contributed by atoms with van der Waals surface area (Å²) in [5, 5.41) is 3.56. The average molecular weight is 206 g/mol. The van der Waals surface area contributed by atoms with Gasteiger partial charge in [-0.25, -0.2) is 4.39 Å². The number of nitrogens with one attached hydrogen (secondary N) is 1. The van der Waals surface area contributed by atoms with Crippen LogP contribution in [0, 0.1) is 5.82 Å². The van der Waals surface area contributed by atoms with Crippen LogP contribution in [-0.4, -0.2) is 25.2 Å². The first-order valence-electron chi connectivity index (χ1n) is 5.53. The van der Waals surface area contributed by atoms with Crippen molar-refractivity contribution in [3.63, 3.8) is 0 Å². The molecule has 0 unspecified atom stereocenters. The monoisotopic (exact) mass is 206 g/mol. The molecule has 1 aliphatic heterocycles. The van der Waals surface area contributed by atoms with E-state index in [1.165, 1.54) is 25.0 Å². The highest BCUT2D eigenvalue weighted by Crippen LogP contribution is 2.38. The Hall–Kier alpha value is -1.09. The Kier molecular flexibility index (Phi) is 1.96. The number of hydrogen-bond donors (Lipinski definition) is 1. The van der Waals surface area contributed by atoms with E-state index in [-0.39, 0.29) is 5.82 Å². The third-order valence-electron chi connectivity index (χ3n) is 3.42. The fourth-order valence-electron chi connectivity index (χ4n) is 2.31. The van der Waals surface area contributed by atoms with E-state index in [2.05, 4.69) is 10.2 Å². The molecule has 15 heavy (non-hydrogen) atoms. The maximum absolute atomic E-state index is 12.8. The molecule has 1 saturated carbocycles. The molecule has 0 aromatic heterocycles. The zero-order valence-electron chi connectivity index (χ0n) is 8.67. The summed E-state index contributed by atoms with van der Waals surface area (Å²) in [6.45, 7) is 3.13. The van der Waals surface area contributed by atoms with E-state index < -0.39 is 0 Å². The minimum Gasteiger partial charge on any atom is -0.368 e. The highest BCUT2D eigenvalue weighted by Gasteiger charge is 2.45. The van der Waals surface area contributed by atoms with Crippen LogP contribution in [0.25, 0.3) is 0 Å². The second kappa shape index (κ2) is 3.20. The molecule has 2 aliphatic rings. The first kappa shape index (κ1) is 9.16. The summed E-state index contributed by atoms with van der Waals surface area (Å²) in [6.07, 6.45) is 2.56. The fourth-order valence-corrected chi connectivity index (χ4v) is 2.31. The topological polar surface area (TPSA) is 15.3 Å². The zero-order chi connectivity index (χ0) is 10.3. The Balaban J connectivity index is 1.78. The normalized spacial score (nSPS) is 23.1. The minimum atomic E-state index is -0.157. The van der Waals surface area contributed by atoms with E-state index in [1.54, 1.807) is 0 Å². The van der Waals surface area contributed by atoms with Crippen LogP contribution in [-0.2, 0) is 0 Å². The SMILES string of the molecule is Fc1ccc(N2CCNC3(CC3)C2)cc1. The number of nitrogens with zero attached hydrogens (tertiary/aromatic N) is 1. The quantitative estimate of drug-likeness (QED) is 0.753. The smallest absolute Gasteiger partial charge is 0.123 e. The van der Waals surface area contributed by atoms with Gasteiger partial charge in [-0.3, -0.25) is 0 Å². The fraction of sp³-hybridized carbons (Fsp3) is 0.500. The van der Waals surface area contributed by atoms with Crippen molar-refractivity contribution < 1.29 is 4.39 Å². The molecule has 1 aliphatic carbocycles. The molecule has 1 spiro atoms. The highest BCUT2D eigenvalue weighted by molar-refractivity contribution is 5.48. The highest BCUT2D eigenvalue weighted by atomic mass is 19.1. The maximum Gasteiger partial charge on any atom is 0.123 e. The molecule has 3 rings (SSSR count). The molecule has 1 heterocycles. The van der Waals surface area contributed by atoms with Gasteiger partial charge in [0.1, 0.15) is 5.82 Å². The van der Waals surface area contributed by atoms with E-state index >= 15 is 0 Å². The van der Waals surface area contributed by atoms with Crippen LogP contribution < -0.4 is 10.2 Å². The van der Waals surface area contributed by atoms with Gasteiger partial charge in [0.05, 0.1) is 0 Å². The van der Waals surface area contributed by atoms with Gasteiger partial charge in [-0.1, -0.05) is 0 Å². The lowest BCUT2D eigenvalue weighted by atomic mass is 10.1. The number of piperazine rings is 1. The number of rotatable bonds is 1. The molecule has 0 amide bonds. The largest absolute Gasteiger partial charge is 0.368 e. The lowest BCUT2D eigenvalue weighted by Crippen LogP contribution is -2.52. The van der Waals surface area contributed by atoms with Crippen molar-refractivity contribution in [3.05, 3.63) is 30.1 Å². The predicted octanol–water partition coefficient (Wildman–Crippen LogP) is 1.77. The van der Waals surface area contributed by atoms with Gasteiger partial charge in [0.2, 0.25) is 0 Å². The molecule has 1 aromatic rings. The van der Waals surface area contributed by atoms with Gasteiger partial charge in [0.25, 0.3) is 0 Å². The van der Waals surface area contributed by atoms with Crippen LogP contribution in [0.1, 0.15) is 12.8 Å². The van der Waals surface area contributed by atoms with E-state index in [9.17, 15) is 4.39 Å². The molecular formula is C12H15FN2. The van der Waals surface area contributed by atoms with Crippen molar-refractivity contribution in [1.82, 2.24) is 5.32 Å². The Morgan fingerprint density at radius 1 is 1.20 bits per heavy atom. The Labute approximate surface area is 89.1 Å². The minimum absolute atomic E-state index is 0.157. The zero-order valence-corrected chi connectivity index (χ0v) is 8.67. The standard InChI is InChI=1S/C12H15FN2/c13-10-1-3-11(4-2-10)15-8-7-14-12(9-15)5-6-12/h1-4,14H,5-9H2. The molecule has 1 saturated heterocycles.